The number of rotatable bonds is 5. The first-order valence-electron chi connectivity index (χ1n) is 10.4. The molecule has 1 aliphatic heterocycles. The van der Waals surface area contributed by atoms with Crippen LogP contribution in [0.15, 0.2) is 35.2 Å². The second-order valence-electron chi connectivity index (χ2n) is 7.95. The molecule has 0 unspecified atom stereocenters. The van der Waals surface area contributed by atoms with Crippen LogP contribution in [-0.2, 0) is 9.84 Å². The van der Waals surface area contributed by atoms with Gasteiger partial charge in [0.1, 0.15) is 5.75 Å². The van der Waals surface area contributed by atoms with Gasteiger partial charge in [-0.05, 0) is 56.0 Å². The standard InChI is InChI=1S/C21H25ClN4O4S/c1-31(28,29)16-6-7-18(30-15-4-2-3-5-15)17(14-16)21(27)26-12-10-25(11-13-26)20-9-8-19(22)23-24-20/h6-9,14-15H,2-5,10-13H2,1H3. The molecule has 0 bridgehead atoms. The van der Waals surface area contributed by atoms with Crippen molar-refractivity contribution >= 4 is 33.2 Å². The number of aromatic nitrogens is 2. The highest BCUT2D eigenvalue weighted by molar-refractivity contribution is 7.90. The Kier molecular flexibility index (Phi) is 6.34. The van der Waals surface area contributed by atoms with E-state index in [1.807, 2.05) is 4.90 Å². The van der Waals surface area contributed by atoms with Gasteiger partial charge in [0.05, 0.1) is 16.6 Å². The van der Waals surface area contributed by atoms with E-state index in [0.29, 0.717) is 48.5 Å². The van der Waals surface area contributed by atoms with Crippen molar-refractivity contribution in [1.82, 2.24) is 15.1 Å². The molecule has 2 fully saturated rings. The molecule has 0 radical (unpaired) electrons. The number of halogens is 1. The number of hydrogen-bond acceptors (Lipinski definition) is 7. The molecule has 2 heterocycles. The Morgan fingerprint density at radius 1 is 1.06 bits per heavy atom. The number of amides is 1. The first-order chi connectivity index (χ1) is 14.8. The Morgan fingerprint density at radius 3 is 2.39 bits per heavy atom. The number of ether oxygens (including phenoxy) is 1. The zero-order chi connectivity index (χ0) is 22.0. The molecule has 0 spiro atoms. The van der Waals surface area contributed by atoms with Crippen molar-refractivity contribution in [3.05, 3.63) is 41.0 Å². The molecule has 10 heteroatoms. The lowest BCUT2D eigenvalue weighted by atomic mass is 10.1. The second-order valence-corrected chi connectivity index (χ2v) is 10.4. The Labute approximate surface area is 187 Å². The maximum absolute atomic E-state index is 13.3. The molecule has 2 aromatic rings. The lowest BCUT2D eigenvalue weighted by Gasteiger charge is -2.35. The van der Waals surface area contributed by atoms with Crippen LogP contribution in [0.5, 0.6) is 5.75 Å². The molecular formula is C21H25ClN4O4S. The van der Waals surface area contributed by atoms with Crippen LogP contribution in [0.3, 0.4) is 0 Å². The maximum Gasteiger partial charge on any atom is 0.257 e. The summed E-state index contributed by atoms with van der Waals surface area (Å²) in [6.45, 7) is 2.14. The van der Waals surface area contributed by atoms with E-state index < -0.39 is 9.84 Å². The highest BCUT2D eigenvalue weighted by Gasteiger charge is 2.28. The summed E-state index contributed by atoms with van der Waals surface area (Å²) in [6.07, 6.45) is 5.30. The molecule has 166 valence electrons. The summed E-state index contributed by atoms with van der Waals surface area (Å²) < 4.78 is 30.2. The Balaban J connectivity index is 1.53. The fourth-order valence-corrected chi connectivity index (χ4v) is 4.73. The molecular weight excluding hydrogens is 440 g/mol. The smallest absolute Gasteiger partial charge is 0.257 e. The number of benzene rings is 1. The predicted octanol–water partition coefficient (Wildman–Crippen LogP) is 2.82. The fraction of sp³-hybridized carbons (Fsp3) is 0.476. The summed E-state index contributed by atoms with van der Waals surface area (Å²) in [5.74, 6) is 0.941. The number of nitrogens with zero attached hydrogens (tertiary/aromatic N) is 4. The lowest BCUT2D eigenvalue weighted by Crippen LogP contribution is -2.49. The van der Waals surface area contributed by atoms with E-state index in [1.165, 1.54) is 12.1 Å². The summed E-state index contributed by atoms with van der Waals surface area (Å²) in [7, 11) is -3.44. The zero-order valence-electron chi connectivity index (χ0n) is 17.3. The van der Waals surface area contributed by atoms with Crippen LogP contribution in [-0.4, -0.2) is 68.0 Å². The first kappa shape index (κ1) is 21.8. The number of sulfone groups is 1. The van der Waals surface area contributed by atoms with Gasteiger partial charge in [-0.25, -0.2) is 8.42 Å². The van der Waals surface area contributed by atoms with Gasteiger partial charge in [0, 0.05) is 32.4 Å². The Morgan fingerprint density at radius 2 is 1.77 bits per heavy atom. The normalized spacial score (nSPS) is 17.7. The number of hydrogen-bond donors (Lipinski definition) is 0. The third-order valence-corrected chi connectivity index (χ3v) is 7.03. The number of piperazine rings is 1. The van der Waals surface area contributed by atoms with Gasteiger partial charge in [0.2, 0.25) is 0 Å². The largest absolute Gasteiger partial charge is 0.490 e. The van der Waals surface area contributed by atoms with E-state index in [0.717, 1.165) is 31.9 Å². The summed E-state index contributed by atoms with van der Waals surface area (Å²) in [6, 6.07) is 8.05. The molecule has 2 aliphatic rings. The van der Waals surface area contributed by atoms with E-state index in [9.17, 15) is 13.2 Å². The highest BCUT2D eigenvalue weighted by Crippen LogP contribution is 2.30. The minimum atomic E-state index is -3.44. The van der Waals surface area contributed by atoms with Crippen molar-refractivity contribution in [2.24, 2.45) is 0 Å². The van der Waals surface area contributed by atoms with Crippen molar-refractivity contribution in [3.8, 4) is 5.75 Å². The lowest BCUT2D eigenvalue weighted by molar-refractivity contribution is 0.0738. The van der Waals surface area contributed by atoms with Crippen LogP contribution >= 0.6 is 11.6 Å². The van der Waals surface area contributed by atoms with Gasteiger partial charge in [-0.15, -0.1) is 10.2 Å². The van der Waals surface area contributed by atoms with Gasteiger partial charge in [-0.3, -0.25) is 4.79 Å². The molecule has 1 amide bonds. The van der Waals surface area contributed by atoms with Crippen molar-refractivity contribution < 1.29 is 17.9 Å². The van der Waals surface area contributed by atoms with E-state index in [-0.39, 0.29) is 16.9 Å². The van der Waals surface area contributed by atoms with Crippen LogP contribution in [0.1, 0.15) is 36.0 Å². The third kappa shape index (κ3) is 5.10. The molecule has 1 aromatic heterocycles. The molecule has 0 N–H and O–H groups in total. The van der Waals surface area contributed by atoms with Crippen molar-refractivity contribution in [3.63, 3.8) is 0 Å². The van der Waals surface area contributed by atoms with Gasteiger partial charge in [-0.1, -0.05) is 11.6 Å². The van der Waals surface area contributed by atoms with Crippen LogP contribution in [0.4, 0.5) is 5.82 Å². The van der Waals surface area contributed by atoms with E-state index in [2.05, 4.69) is 10.2 Å². The number of carbonyl (C=O) groups is 1. The second kappa shape index (κ2) is 9.00. The van der Waals surface area contributed by atoms with Gasteiger partial charge in [0.15, 0.2) is 20.8 Å². The van der Waals surface area contributed by atoms with Crippen LogP contribution < -0.4 is 9.64 Å². The summed E-state index contributed by atoms with van der Waals surface area (Å²) in [5.41, 5.74) is 0.301. The van der Waals surface area contributed by atoms with Crippen molar-refractivity contribution in [2.45, 2.75) is 36.7 Å². The van der Waals surface area contributed by atoms with Gasteiger partial charge >= 0.3 is 0 Å². The quantitative estimate of drug-likeness (QED) is 0.671. The summed E-state index contributed by atoms with van der Waals surface area (Å²) >= 11 is 5.80. The Bertz CT molecular complexity index is 1050. The molecule has 1 aliphatic carbocycles. The SMILES string of the molecule is CS(=O)(=O)c1ccc(OC2CCCC2)c(C(=O)N2CCN(c3ccc(Cl)nn3)CC2)c1. The van der Waals surface area contributed by atoms with Crippen LogP contribution in [0.25, 0.3) is 0 Å². The molecule has 31 heavy (non-hydrogen) atoms. The molecule has 1 saturated heterocycles. The molecule has 8 nitrogen and oxygen atoms in total. The average molecular weight is 465 g/mol. The zero-order valence-corrected chi connectivity index (χ0v) is 18.9. The van der Waals surface area contributed by atoms with E-state index in [1.54, 1.807) is 23.1 Å². The van der Waals surface area contributed by atoms with E-state index >= 15 is 0 Å². The highest BCUT2D eigenvalue weighted by atomic mass is 35.5. The van der Waals surface area contributed by atoms with Gasteiger partial charge in [-0.2, -0.15) is 0 Å². The number of carbonyl (C=O) groups excluding carboxylic acids is 1. The topological polar surface area (TPSA) is 92.7 Å². The van der Waals surface area contributed by atoms with E-state index in [4.69, 9.17) is 16.3 Å². The predicted molar refractivity (Wildman–Crippen MR) is 118 cm³/mol. The third-order valence-electron chi connectivity index (χ3n) is 5.71. The van der Waals surface area contributed by atoms with Gasteiger partial charge in [0.25, 0.3) is 5.91 Å². The monoisotopic (exact) mass is 464 g/mol. The molecule has 1 saturated carbocycles. The Hall–Kier alpha value is -2.39. The average Bonchev–Trinajstić information content (AvgIpc) is 3.26. The maximum atomic E-state index is 13.3. The summed E-state index contributed by atoms with van der Waals surface area (Å²) in [4.78, 5) is 17.2. The molecule has 1 aromatic carbocycles. The minimum absolute atomic E-state index is 0.0657. The number of anilines is 1. The van der Waals surface area contributed by atoms with Crippen LogP contribution in [0, 0.1) is 0 Å². The van der Waals surface area contributed by atoms with Crippen LogP contribution in [0.2, 0.25) is 5.15 Å². The minimum Gasteiger partial charge on any atom is -0.490 e. The first-order valence-corrected chi connectivity index (χ1v) is 12.6. The molecule has 4 rings (SSSR count). The summed E-state index contributed by atoms with van der Waals surface area (Å²) in [5, 5.41) is 8.29. The van der Waals surface area contributed by atoms with Crippen molar-refractivity contribution in [1.29, 1.82) is 0 Å². The van der Waals surface area contributed by atoms with Crippen molar-refractivity contribution in [2.75, 3.05) is 37.3 Å². The fourth-order valence-electron chi connectivity index (χ4n) is 3.98. The van der Waals surface area contributed by atoms with Gasteiger partial charge < -0.3 is 14.5 Å². The molecule has 0 atom stereocenters.